The van der Waals surface area contributed by atoms with Gasteiger partial charge in [-0.1, -0.05) is 60.7 Å². The Labute approximate surface area is 217 Å². The number of pyridine rings is 2. The van der Waals surface area contributed by atoms with E-state index in [0.29, 0.717) is 0 Å². The molecule has 2 aromatic carbocycles. The average Bonchev–Trinajstić information content (AvgIpc) is 2.94. The standard InChI is InChI=1S/C31H28N4O2/c36-30(14-12-26-8-3-1-4-9-26)32-28-16-22-34(23-17-28)20-7-21-35-24-18-29(19-25-35)33-31(37)15-13-27-10-5-2-6-11-27/h1-6,8-19,22-25H,7,20-21H2/p+2/b14-12+,15-13+. The molecule has 0 spiro atoms. The largest absolute Gasteiger partial charge is 0.322 e. The number of carbonyl (C=O) groups is 2. The van der Waals surface area contributed by atoms with Gasteiger partial charge >= 0.3 is 0 Å². The zero-order valence-corrected chi connectivity index (χ0v) is 20.5. The summed E-state index contributed by atoms with van der Waals surface area (Å²) < 4.78 is 4.17. The van der Waals surface area contributed by atoms with E-state index < -0.39 is 0 Å². The van der Waals surface area contributed by atoms with E-state index >= 15 is 0 Å². The normalized spacial score (nSPS) is 11.0. The average molecular weight is 491 g/mol. The molecule has 184 valence electrons. The number of aryl methyl sites for hydroxylation is 2. The highest BCUT2D eigenvalue weighted by Gasteiger charge is 2.07. The number of rotatable bonds is 10. The molecule has 0 saturated carbocycles. The first-order chi connectivity index (χ1) is 18.1. The molecule has 0 unspecified atom stereocenters. The van der Waals surface area contributed by atoms with Crippen molar-refractivity contribution in [2.75, 3.05) is 10.6 Å². The van der Waals surface area contributed by atoms with Crippen molar-refractivity contribution in [1.29, 1.82) is 0 Å². The molecule has 0 saturated heterocycles. The Bertz CT molecular complexity index is 1240. The highest BCUT2D eigenvalue weighted by Crippen LogP contribution is 2.06. The zero-order valence-electron chi connectivity index (χ0n) is 20.5. The molecule has 0 bridgehead atoms. The van der Waals surface area contributed by atoms with E-state index in [2.05, 4.69) is 19.8 Å². The minimum atomic E-state index is -0.162. The number of aromatic nitrogens is 2. The minimum absolute atomic E-state index is 0.162. The molecule has 0 aliphatic heterocycles. The summed E-state index contributed by atoms with van der Waals surface area (Å²) in [6, 6.07) is 27.0. The molecule has 0 fully saturated rings. The fourth-order valence-electron chi connectivity index (χ4n) is 3.66. The van der Waals surface area contributed by atoms with Gasteiger partial charge in [0.1, 0.15) is 0 Å². The zero-order chi connectivity index (χ0) is 25.7. The Morgan fingerprint density at radius 2 is 0.946 bits per heavy atom. The van der Waals surface area contributed by atoms with Crippen LogP contribution < -0.4 is 19.8 Å². The van der Waals surface area contributed by atoms with E-state index in [1.165, 1.54) is 12.2 Å². The summed E-state index contributed by atoms with van der Waals surface area (Å²) in [7, 11) is 0. The van der Waals surface area contributed by atoms with Crippen molar-refractivity contribution in [1.82, 2.24) is 0 Å². The smallest absolute Gasteiger partial charge is 0.248 e. The summed E-state index contributed by atoms with van der Waals surface area (Å²) in [5.41, 5.74) is 3.47. The first kappa shape index (κ1) is 25.3. The second kappa shape index (κ2) is 13.3. The molecule has 6 heteroatoms. The van der Waals surface area contributed by atoms with Crippen LogP contribution in [0.3, 0.4) is 0 Å². The maximum absolute atomic E-state index is 12.1. The third kappa shape index (κ3) is 8.71. The molecule has 4 aromatic rings. The van der Waals surface area contributed by atoms with Crippen molar-refractivity contribution >= 4 is 35.3 Å². The van der Waals surface area contributed by atoms with Crippen molar-refractivity contribution in [2.45, 2.75) is 19.5 Å². The number of hydrogen-bond acceptors (Lipinski definition) is 2. The first-order valence-corrected chi connectivity index (χ1v) is 12.2. The van der Waals surface area contributed by atoms with Crippen LogP contribution in [-0.2, 0) is 22.7 Å². The quantitative estimate of drug-likeness (QED) is 0.251. The fraction of sp³-hybridized carbons (Fsp3) is 0.0968. The monoisotopic (exact) mass is 490 g/mol. The number of anilines is 2. The predicted molar refractivity (Wildman–Crippen MR) is 146 cm³/mol. The Morgan fingerprint density at radius 3 is 1.32 bits per heavy atom. The molecule has 2 N–H and O–H groups in total. The summed E-state index contributed by atoms with van der Waals surface area (Å²) in [6.07, 6.45) is 15.4. The second-order valence-corrected chi connectivity index (χ2v) is 8.47. The lowest BCUT2D eigenvalue weighted by molar-refractivity contribution is -0.726. The van der Waals surface area contributed by atoms with Gasteiger partial charge in [-0.2, -0.15) is 0 Å². The maximum Gasteiger partial charge on any atom is 0.248 e. The maximum atomic E-state index is 12.1. The van der Waals surface area contributed by atoms with Gasteiger partial charge in [0, 0.05) is 36.4 Å². The van der Waals surface area contributed by atoms with Crippen LogP contribution in [0.4, 0.5) is 11.4 Å². The highest BCUT2D eigenvalue weighted by atomic mass is 16.2. The SMILES string of the molecule is O=C(/C=C/c1ccccc1)Nc1cc[n+](CCC[n+]2ccc(NC(=O)/C=C/c3ccccc3)cc2)cc1. The molecule has 0 aliphatic carbocycles. The lowest BCUT2D eigenvalue weighted by Gasteiger charge is -2.02. The molecule has 37 heavy (non-hydrogen) atoms. The van der Waals surface area contributed by atoms with Crippen molar-refractivity contribution in [3.05, 3.63) is 133 Å². The molecule has 4 rings (SSSR count). The second-order valence-electron chi connectivity index (χ2n) is 8.47. The molecule has 0 atom stereocenters. The third-order valence-electron chi connectivity index (χ3n) is 5.60. The van der Waals surface area contributed by atoms with Gasteiger partial charge in [-0.25, -0.2) is 9.13 Å². The van der Waals surface area contributed by atoms with Crippen LogP contribution in [0.2, 0.25) is 0 Å². The van der Waals surface area contributed by atoms with Crippen molar-refractivity contribution < 1.29 is 18.7 Å². The van der Waals surface area contributed by atoms with E-state index in [0.717, 1.165) is 42.0 Å². The molecule has 6 nitrogen and oxygen atoms in total. The summed E-state index contributed by atoms with van der Waals surface area (Å²) in [5, 5.41) is 5.76. The Morgan fingerprint density at radius 1 is 0.568 bits per heavy atom. The fourth-order valence-corrected chi connectivity index (χ4v) is 3.66. The Hall–Kier alpha value is -4.84. The van der Waals surface area contributed by atoms with E-state index in [1.807, 2.05) is 110 Å². The van der Waals surface area contributed by atoms with Gasteiger partial charge in [-0.3, -0.25) is 9.59 Å². The molecule has 2 heterocycles. The predicted octanol–water partition coefficient (Wildman–Crippen LogP) is 4.66. The van der Waals surface area contributed by atoms with Crippen LogP contribution in [0.5, 0.6) is 0 Å². The topological polar surface area (TPSA) is 66.0 Å². The van der Waals surface area contributed by atoms with Crippen LogP contribution in [0, 0.1) is 0 Å². The Balaban J connectivity index is 1.18. The molecular weight excluding hydrogens is 460 g/mol. The Kier molecular flexibility index (Phi) is 9.08. The van der Waals surface area contributed by atoms with Gasteiger partial charge in [0.05, 0.1) is 17.8 Å². The van der Waals surface area contributed by atoms with Crippen molar-refractivity contribution in [3.8, 4) is 0 Å². The number of benzene rings is 2. The van der Waals surface area contributed by atoms with Gasteiger partial charge < -0.3 is 10.6 Å². The lowest BCUT2D eigenvalue weighted by Crippen LogP contribution is -2.38. The first-order valence-electron chi connectivity index (χ1n) is 12.2. The summed E-state index contributed by atoms with van der Waals surface area (Å²) in [6.45, 7) is 1.69. The molecular formula is C31H30N4O2+2. The van der Waals surface area contributed by atoms with Gasteiger partial charge in [0.15, 0.2) is 37.9 Å². The van der Waals surface area contributed by atoms with Gasteiger partial charge in [-0.15, -0.1) is 0 Å². The van der Waals surface area contributed by atoms with Gasteiger partial charge in [0.2, 0.25) is 11.8 Å². The van der Waals surface area contributed by atoms with Crippen LogP contribution in [0.25, 0.3) is 12.2 Å². The van der Waals surface area contributed by atoms with E-state index in [1.54, 1.807) is 12.2 Å². The number of nitrogens with one attached hydrogen (secondary N) is 2. The summed E-state index contributed by atoms with van der Waals surface area (Å²) in [5.74, 6) is -0.324. The molecule has 0 aliphatic rings. The van der Waals surface area contributed by atoms with Gasteiger partial charge in [0.25, 0.3) is 0 Å². The van der Waals surface area contributed by atoms with Crippen molar-refractivity contribution in [3.63, 3.8) is 0 Å². The van der Waals surface area contributed by atoms with Crippen LogP contribution in [-0.4, -0.2) is 11.8 Å². The number of amides is 2. The molecule has 2 amide bonds. The molecule has 0 radical (unpaired) electrons. The van der Waals surface area contributed by atoms with Gasteiger partial charge in [-0.05, 0) is 23.3 Å². The summed E-state index contributed by atoms with van der Waals surface area (Å²) >= 11 is 0. The minimum Gasteiger partial charge on any atom is -0.322 e. The van der Waals surface area contributed by atoms with Crippen LogP contribution in [0.1, 0.15) is 17.5 Å². The van der Waals surface area contributed by atoms with Crippen LogP contribution >= 0.6 is 0 Å². The van der Waals surface area contributed by atoms with E-state index in [-0.39, 0.29) is 11.8 Å². The molecule has 2 aromatic heterocycles. The highest BCUT2D eigenvalue weighted by molar-refractivity contribution is 6.02. The third-order valence-corrected chi connectivity index (χ3v) is 5.60. The van der Waals surface area contributed by atoms with Crippen LogP contribution in [0.15, 0.2) is 122 Å². The lowest BCUT2D eigenvalue weighted by atomic mass is 10.2. The number of hydrogen-bond donors (Lipinski definition) is 2. The summed E-state index contributed by atoms with van der Waals surface area (Å²) in [4.78, 5) is 24.3. The number of carbonyl (C=O) groups excluding carboxylic acids is 2. The van der Waals surface area contributed by atoms with Crippen molar-refractivity contribution in [2.24, 2.45) is 0 Å². The van der Waals surface area contributed by atoms with E-state index in [9.17, 15) is 9.59 Å². The number of nitrogens with zero attached hydrogens (tertiary/aromatic N) is 2. The van der Waals surface area contributed by atoms with E-state index in [4.69, 9.17) is 0 Å².